The van der Waals surface area contributed by atoms with Gasteiger partial charge in [-0.15, -0.1) is 11.3 Å². The Bertz CT molecular complexity index is 701. The number of anilines is 1. The molecule has 20 heavy (non-hydrogen) atoms. The van der Waals surface area contributed by atoms with Crippen LogP contribution in [0.2, 0.25) is 0 Å². The van der Waals surface area contributed by atoms with Crippen LogP contribution in [0.3, 0.4) is 0 Å². The van der Waals surface area contributed by atoms with E-state index in [9.17, 15) is 13.2 Å². The maximum atomic E-state index is 12.7. The first-order valence-electron chi connectivity index (χ1n) is 5.49. The Balaban J connectivity index is 1.78. The average Bonchev–Trinajstić information content (AvgIpc) is 3.01. The van der Waals surface area contributed by atoms with Crippen LogP contribution in [0.1, 0.15) is 10.4 Å². The van der Waals surface area contributed by atoms with Gasteiger partial charge in [0.1, 0.15) is 4.88 Å². The summed E-state index contributed by atoms with van der Waals surface area (Å²) in [6, 6.07) is 1.46. The first-order chi connectivity index (χ1) is 9.54. The largest absolute Gasteiger partial charge is 0.425 e. The molecule has 0 fully saturated rings. The minimum atomic E-state index is -4.32. The molecule has 4 nitrogen and oxygen atoms in total. The first-order valence-corrected chi connectivity index (χ1v) is 7.18. The molecular weight excluding hydrogens is 309 g/mol. The molecule has 0 aromatic carbocycles. The SMILES string of the molecule is FC(F)(F)c1sccc1CNc1nc2nccnc2s1. The lowest BCUT2D eigenvalue weighted by molar-refractivity contribution is -0.134. The van der Waals surface area contributed by atoms with Crippen LogP contribution < -0.4 is 5.32 Å². The van der Waals surface area contributed by atoms with Gasteiger partial charge in [0.05, 0.1) is 0 Å². The number of halogens is 3. The van der Waals surface area contributed by atoms with E-state index in [1.54, 1.807) is 6.20 Å². The van der Waals surface area contributed by atoms with E-state index in [0.717, 1.165) is 0 Å². The second-order valence-electron chi connectivity index (χ2n) is 3.83. The van der Waals surface area contributed by atoms with Gasteiger partial charge in [-0.25, -0.2) is 9.97 Å². The quantitative estimate of drug-likeness (QED) is 0.799. The van der Waals surface area contributed by atoms with Crippen LogP contribution in [0.15, 0.2) is 23.8 Å². The molecule has 0 amide bonds. The molecule has 0 atom stereocenters. The Morgan fingerprint density at radius 1 is 1.20 bits per heavy atom. The van der Waals surface area contributed by atoms with Gasteiger partial charge in [-0.3, -0.25) is 0 Å². The number of fused-ring (bicyclic) bond motifs is 1. The molecule has 3 rings (SSSR count). The third-order valence-corrected chi connectivity index (χ3v) is 4.39. The number of thiazole rings is 1. The van der Waals surface area contributed by atoms with E-state index < -0.39 is 11.1 Å². The lowest BCUT2D eigenvalue weighted by atomic mass is 10.2. The van der Waals surface area contributed by atoms with E-state index >= 15 is 0 Å². The molecule has 0 saturated heterocycles. The molecule has 0 aliphatic rings. The number of aromatic nitrogens is 3. The standard InChI is InChI=1S/C11H7F3N4S2/c12-11(13,14)7-6(1-4-19-7)5-17-10-18-8-9(20-10)16-3-2-15-8/h1-4H,5H2,(H,15,17,18). The molecule has 104 valence electrons. The van der Waals surface area contributed by atoms with Crippen molar-refractivity contribution in [2.24, 2.45) is 0 Å². The van der Waals surface area contributed by atoms with Gasteiger partial charge in [0.2, 0.25) is 0 Å². The molecule has 0 bridgehead atoms. The molecule has 3 aromatic heterocycles. The summed E-state index contributed by atoms with van der Waals surface area (Å²) in [6.45, 7) is 0.0676. The zero-order valence-electron chi connectivity index (χ0n) is 9.81. The van der Waals surface area contributed by atoms with Crippen molar-refractivity contribution in [3.63, 3.8) is 0 Å². The summed E-state index contributed by atoms with van der Waals surface area (Å²) >= 11 is 1.95. The van der Waals surface area contributed by atoms with Gasteiger partial charge in [0.25, 0.3) is 0 Å². The van der Waals surface area contributed by atoms with Crippen molar-refractivity contribution in [1.29, 1.82) is 0 Å². The molecule has 0 radical (unpaired) electrons. The van der Waals surface area contributed by atoms with E-state index in [-0.39, 0.29) is 12.1 Å². The van der Waals surface area contributed by atoms with E-state index in [1.165, 1.54) is 29.0 Å². The second-order valence-corrected chi connectivity index (χ2v) is 5.72. The molecule has 0 saturated carbocycles. The Labute approximate surface area is 119 Å². The minimum Gasteiger partial charge on any atom is -0.357 e. The molecule has 0 aliphatic carbocycles. The summed E-state index contributed by atoms with van der Waals surface area (Å²) in [5.41, 5.74) is 0.698. The topological polar surface area (TPSA) is 50.7 Å². The van der Waals surface area contributed by atoms with Gasteiger partial charge in [-0.05, 0) is 17.0 Å². The lowest BCUT2D eigenvalue weighted by Crippen LogP contribution is -2.08. The molecule has 1 N–H and O–H groups in total. The third-order valence-electron chi connectivity index (χ3n) is 2.48. The van der Waals surface area contributed by atoms with E-state index in [2.05, 4.69) is 20.3 Å². The predicted molar refractivity (Wildman–Crippen MR) is 71.9 cm³/mol. The predicted octanol–water partition coefficient (Wildman–Crippen LogP) is 3.78. The summed E-state index contributed by atoms with van der Waals surface area (Å²) in [6.07, 6.45) is -1.25. The number of nitrogens with one attached hydrogen (secondary N) is 1. The van der Waals surface area contributed by atoms with Gasteiger partial charge in [0.15, 0.2) is 15.6 Å². The monoisotopic (exact) mass is 316 g/mol. The van der Waals surface area contributed by atoms with Crippen LogP contribution in [-0.2, 0) is 12.7 Å². The summed E-state index contributed by atoms with van der Waals surface area (Å²) in [4.78, 5) is 12.3. The van der Waals surface area contributed by atoms with E-state index in [1.807, 2.05) is 0 Å². The maximum absolute atomic E-state index is 12.7. The number of rotatable bonds is 3. The van der Waals surface area contributed by atoms with E-state index in [0.29, 0.717) is 26.9 Å². The number of hydrogen-bond acceptors (Lipinski definition) is 6. The van der Waals surface area contributed by atoms with Gasteiger partial charge in [-0.2, -0.15) is 18.2 Å². The van der Waals surface area contributed by atoms with Crippen LogP contribution in [-0.4, -0.2) is 15.0 Å². The highest BCUT2D eigenvalue weighted by molar-refractivity contribution is 7.21. The fraction of sp³-hybridized carbons (Fsp3) is 0.182. The van der Waals surface area contributed by atoms with Crippen molar-refractivity contribution in [3.8, 4) is 0 Å². The molecule has 9 heteroatoms. The van der Waals surface area contributed by atoms with Crippen LogP contribution >= 0.6 is 22.7 Å². The maximum Gasteiger partial charge on any atom is 0.425 e. The van der Waals surface area contributed by atoms with Crippen molar-refractivity contribution in [2.45, 2.75) is 12.7 Å². The van der Waals surface area contributed by atoms with Crippen LogP contribution in [0.5, 0.6) is 0 Å². The molecule has 0 unspecified atom stereocenters. The van der Waals surface area contributed by atoms with Crippen LogP contribution in [0.4, 0.5) is 18.3 Å². The number of thiophene rings is 1. The summed E-state index contributed by atoms with van der Waals surface area (Å²) in [5.74, 6) is 0. The highest BCUT2D eigenvalue weighted by atomic mass is 32.1. The Morgan fingerprint density at radius 2 is 2.00 bits per heavy atom. The van der Waals surface area contributed by atoms with E-state index in [4.69, 9.17) is 0 Å². The number of nitrogens with zero attached hydrogens (tertiary/aromatic N) is 3. The van der Waals surface area contributed by atoms with Gasteiger partial charge >= 0.3 is 6.18 Å². The second kappa shape index (κ2) is 4.98. The summed E-state index contributed by atoms with van der Waals surface area (Å²) in [7, 11) is 0. The fourth-order valence-electron chi connectivity index (χ4n) is 1.65. The fourth-order valence-corrected chi connectivity index (χ4v) is 3.20. The average molecular weight is 316 g/mol. The van der Waals surface area contributed by atoms with Gasteiger partial charge in [-0.1, -0.05) is 11.3 Å². The third kappa shape index (κ3) is 2.59. The summed E-state index contributed by atoms with van der Waals surface area (Å²) in [5, 5.41) is 4.82. The number of hydrogen-bond donors (Lipinski definition) is 1. The Morgan fingerprint density at radius 3 is 2.75 bits per heavy atom. The zero-order chi connectivity index (χ0) is 14.2. The Hall–Kier alpha value is -1.74. The zero-order valence-corrected chi connectivity index (χ0v) is 11.4. The lowest BCUT2D eigenvalue weighted by Gasteiger charge is -2.07. The first kappa shape index (κ1) is 13.3. The molecular formula is C11H7F3N4S2. The molecule has 3 aromatic rings. The summed E-state index contributed by atoms with van der Waals surface area (Å²) < 4.78 is 38.2. The van der Waals surface area contributed by atoms with Crippen molar-refractivity contribution in [2.75, 3.05) is 5.32 Å². The molecule has 0 aliphatic heterocycles. The molecule has 0 spiro atoms. The molecule has 3 heterocycles. The Kier molecular flexibility index (Phi) is 3.30. The van der Waals surface area contributed by atoms with Crippen molar-refractivity contribution >= 4 is 38.3 Å². The highest BCUT2D eigenvalue weighted by Gasteiger charge is 2.34. The normalized spacial score (nSPS) is 11.9. The van der Waals surface area contributed by atoms with Gasteiger partial charge < -0.3 is 5.32 Å². The minimum absolute atomic E-state index is 0.0676. The van der Waals surface area contributed by atoms with Crippen molar-refractivity contribution in [1.82, 2.24) is 15.0 Å². The smallest absolute Gasteiger partial charge is 0.357 e. The highest BCUT2D eigenvalue weighted by Crippen LogP contribution is 2.36. The van der Waals surface area contributed by atoms with Crippen molar-refractivity contribution < 1.29 is 13.2 Å². The number of alkyl halides is 3. The van der Waals surface area contributed by atoms with Crippen LogP contribution in [0.25, 0.3) is 10.5 Å². The van der Waals surface area contributed by atoms with Gasteiger partial charge in [0, 0.05) is 18.9 Å². The van der Waals surface area contributed by atoms with Crippen molar-refractivity contribution in [3.05, 3.63) is 34.3 Å². The van der Waals surface area contributed by atoms with Crippen LogP contribution in [0, 0.1) is 0 Å².